The van der Waals surface area contributed by atoms with Crippen LogP contribution < -0.4 is 10.5 Å². The van der Waals surface area contributed by atoms with Gasteiger partial charge in [0, 0.05) is 12.1 Å². The molecule has 3 N–H and O–H groups in total. The van der Waals surface area contributed by atoms with Crippen LogP contribution in [-0.2, 0) is 10.0 Å². The molecule has 1 aliphatic rings. The predicted octanol–water partition coefficient (Wildman–Crippen LogP) is 2.05. The van der Waals surface area contributed by atoms with Gasteiger partial charge in [-0.15, -0.1) is 0 Å². The standard InChI is InChI=1S/C16H23N3O2S/c1-12-6-5-8-15(14(12)10-17)22(20,21)19-16(11-18)9-4-3-7-13(16)2/h5-6,8,13,19H,3-4,7,9,11,18H2,1-2H3. The molecule has 1 aliphatic carbocycles. The molecule has 0 radical (unpaired) electrons. The van der Waals surface area contributed by atoms with Crippen molar-refractivity contribution in [3.05, 3.63) is 29.3 Å². The first kappa shape index (κ1) is 16.9. The van der Waals surface area contributed by atoms with Crippen LogP contribution in [0.1, 0.15) is 43.7 Å². The second-order valence-electron chi connectivity index (χ2n) is 6.17. The molecule has 0 aromatic heterocycles. The van der Waals surface area contributed by atoms with Gasteiger partial charge in [0.1, 0.15) is 11.0 Å². The van der Waals surface area contributed by atoms with Gasteiger partial charge in [0.15, 0.2) is 0 Å². The molecule has 1 aromatic rings. The molecule has 2 unspecified atom stereocenters. The molecule has 1 aromatic carbocycles. The zero-order valence-corrected chi connectivity index (χ0v) is 13.9. The molecule has 1 saturated carbocycles. The van der Waals surface area contributed by atoms with Crippen molar-refractivity contribution < 1.29 is 8.42 Å². The maximum absolute atomic E-state index is 12.8. The summed E-state index contributed by atoms with van der Waals surface area (Å²) in [5, 5.41) is 9.27. The maximum atomic E-state index is 12.8. The third kappa shape index (κ3) is 3.02. The highest BCUT2D eigenvalue weighted by Gasteiger charge is 2.41. The van der Waals surface area contributed by atoms with Crippen molar-refractivity contribution in [2.24, 2.45) is 11.7 Å². The van der Waals surface area contributed by atoms with Crippen LogP contribution in [0.15, 0.2) is 23.1 Å². The van der Waals surface area contributed by atoms with Crippen LogP contribution in [0.3, 0.4) is 0 Å². The van der Waals surface area contributed by atoms with E-state index in [2.05, 4.69) is 4.72 Å². The van der Waals surface area contributed by atoms with Gasteiger partial charge in [-0.3, -0.25) is 0 Å². The minimum Gasteiger partial charge on any atom is -0.329 e. The summed E-state index contributed by atoms with van der Waals surface area (Å²) >= 11 is 0. The third-order valence-electron chi connectivity index (χ3n) is 4.79. The molecule has 0 amide bonds. The van der Waals surface area contributed by atoms with E-state index in [0.29, 0.717) is 5.56 Å². The maximum Gasteiger partial charge on any atom is 0.242 e. The quantitative estimate of drug-likeness (QED) is 0.887. The summed E-state index contributed by atoms with van der Waals surface area (Å²) in [4.78, 5) is 0.0422. The van der Waals surface area contributed by atoms with Gasteiger partial charge in [0.25, 0.3) is 0 Å². The Morgan fingerprint density at radius 1 is 1.45 bits per heavy atom. The smallest absolute Gasteiger partial charge is 0.242 e. The Hall–Kier alpha value is -1.42. The minimum absolute atomic E-state index is 0.0422. The second kappa shape index (κ2) is 6.37. The van der Waals surface area contributed by atoms with Gasteiger partial charge >= 0.3 is 0 Å². The van der Waals surface area contributed by atoms with Crippen molar-refractivity contribution in [3.8, 4) is 6.07 Å². The van der Waals surface area contributed by atoms with E-state index >= 15 is 0 Å². The number of hydrogen-bond acceptors (Lipinski definition) is 4. The van der Waals surface area contributed by atoms with E-state index in [0.717, 1.165) is 25.7 Å². The van der Waals surface area contributed by atoms with Crippen LogP contribution in [0.2, 0.25) is 0 Å². The van der Waals surface area contributed by atoms with E-state index in [1.807, 2.05) is 13.0 Å². The zero-order chi connectivity index (χ0) is 16.4. The Bertz CT molecular complexity index is 694. The van der Waals surface area contributed by atoms with Gasteiger partial charge in [0.05, 0.1) is 5.56 Å². The lowest BCUT2D eigenvalue weighted by Crippen LogP contribution is -2.59. The molecule has 0 saturated heterocycles. The van der Waals surface area contributed by atoms with Gasteiger partial charge in [-0.1, -0.05) is 31.9 Å². The number of hydrogen-bond donors (Lipinski definition) is 2. The van der Waals surface area contributed by atoms with E-state index in [1.54, 1.807) is 19.1 Å². The number of nitrogens with two attached hydrogens (primary N) is 1. The summed E-state index contributed by atoms with van der Waals surface area (Å²) in [6, 6.07) is 6.87. The Morgan fingerprint density at radius 2 is 2.18 bits per heavy atom. The SMILES string of the molecule is Cc1cccc(S(=O)(=O)NC2(CN)CCCCC2C)c1C#N. The summed E-state index contributed by atoms with van der Waals surface area (Å²) in [5.74, 6) is 0.177. The van der Waals surface area contributed by atoms with E-state index in [9.17, 15) is 13.7 Å². The fraction of sp³-hybridized carbons (Fsp3) is 0.562. The molecule has 0 spiro atoms. The largest absolute Gasteiger partial charge is 0.329 e. The van der Waals surface area contributed by atoms with Crippen molar-refractivity contribution in [2.75, 3.05) is 6.54 Å². The lowest BCUT2D eigenvalue weighted by Gasteiger charge is -2.42. The highest BCUT2D eigenvalue weighted by molar-refractivity contribution is 7.89. The minimum atomic E-state index is -3.78. The van der Waals surface area contributed by atoms with Crippen molar-refractivity contribution in [3.63, 3.8) is 0 Å². The van der Waals surface area contributed by atoms with Crippen LogP contribution in [0, 0.1) is 24.2 Å². The van der Waals surface area contributed by atoms with Crippen molar-refractivity contribution in [1.82, 2.24) is 4.72 Å². The van der Waals surface area contributed by atoms with Gasteiger partial charge in [0.2, 0.25) is 10.0 Å². The van der Waals surface area contributed by atoms with Crippen LogP contribution in [0.5, 0.6) is 0 Å². The van der Waals surface area contributed by atoms with E-state index in [-0.39, 0.29) is 22.9 Å². The van der Waals surface area contributed by atoms with E-state index in [4.69, 9.17) is 5.73 Å². The predicted molar refractivity (Wildman–Crippen MR) is 85.6 cm³/mol. The molecule has 2 atom stereocenters. The van der Waals surface area contributed by atoms with Crippen molar-refractivity contribution in [2.45, 2.75) is 50.0 Å². The molecule has 0 aliphatic heterocycles. The highest BCUT2D eigenvalue weighted by atomic mass is 32.2. The van der Waals surface area contributed by atoms with Crippen molar-refractivity contribution >= 4 is 10.0 Å². The Labute approximate surface area is 132 Å². The zero-order valence-electron chi connectivity index (χ0n) is 13.1. The average molecular weight is 321 g/mol. The van der Waals surface area contributed by atoms with Crippen LogP contribution >= 0.6 is 0 Å². The highest BCUT2D eigenvalue weighted by Crippen LogP contribution is 2.34. The van der Waals surface area contributed by atoms with Crippen molar-refractivity contribution in [1.29, 1.82) is 5.26 Å². The number of nitrogens with one attached hydrogen (secondary N) is 1. The molecule has 2 rings (SSSR count). The first-order valence-electron chi connectivity index (χ1n) is 7.60. The topological polar surface area (TPSA) is 96.0 Å². The molecular weight excluding hydrogens is 298 g/mol. The number of aryl methyl sites for hydroxylation is 1. The molecule has 1 fully saturated rings. The number of rotatable bonds is 4. The molecule has 120 valence electrons. The summed E-state index contributed by atoms with van der Waals surface area (Å²) in [6.45, 7) is 4.04. The fourth-order valence-electron chi connectivity index (χ4n) is 3.24. The van der Waals surface area contributed by atoms with Gasteiger partial charge in [-0.2, -0.15) is 5.26 Å². The number of sulfonamides is 1. The summed E-state index contributed by atoms with van der Waals surface area (Å²) in [7, 11) is -3.78. The van der Waals surface area contributed by atoms with E-state index in [1.165, 1.54) is 6.07 Å². The normalized spacial score (nSPS) is 25.6. The van der Waals surface area contributed by atoms with Gasteiger partial charge in [-0.05, 0) is 37.3 Å². The second-order valence-corrected chi connectivity index (χ2v) is 7.82. The lowest BCUT2D eigenvalue weighted by atomic mass is 9.74. The first-order chi connectivity index (χ1) is 10.4. The Kier molecular flexibility index (Phi) is 4.90. The van der Waals surface area contributed by atoms with Crippen LogP contribution in [0.25, 0.3) is 0 Å². The molecular formula is C16H23N3O2S. The van der Waals surface area contributed by atoms with Gasteiger partial charge in [-0.25, -0.2) is 13.1 Å². The Morgan fingerprint density at radius 3 is 2.77 bits per heavy atom. The number of nitrogens with zero attached hydrogens (tertiary/aromatic N) is 1. The summed E-state index contributed by atoms with van der Waals surface area (Å²) in [6.07, 6.45) is 3.75. The molecule has 0 bridgehead atoms. The van der Waals surface area contributed by atoms with Crippen LogP contribution in [-0.4, -0.2) is 20.5 Å². The third-order valence-corrected chi connectivity index (χ3v) is 6.39. The van der Waals surface area contributed by atoms with Gasteiger partial charge < -0.3 is 5.73 Å². The monoisotopic (exact) mass is 321 g/mol. The molecule has 5 nitrogen and oxygen atoms in total. The summed E-state index contributed by atoms with van der Waals surface area (Å²) in [5.41, 5.74) is 6.16. The fourth-order valence-corrected chi connectivity index (χ4v) is 5.01. The van der Waals surface area contributed by atoms with E-state index < -0.39 is 15.6 Å². The Balaban J connectivity index is 2.44. The summed E-state index contributed by atoms with van der Waals surface area (Å²) < 4.78 is 28.5. The first-order valence-corrected chi connectivity index (χ1v) is 9.08. The van der Waals surface area contributed by atoms with Crippen LogP contribution in [0.4, 0.5) is 0 Å². The lowest BCUT2D eigenvalue weighted by molar-refractivity contribution is 0.191. The average Bonchev–Trinajstić information content (AvgIpc) is 2.49. The number of benzene rings is 1. The molecule has 22 heavy (non-hydrogen) atoms. The number of nitriles is 1. The molecule has 0 heterocycles. The molecule has 6 heteroatoms.